The van der Waals surface area contributed by atoms with Gasteiger partial charge in [-0.15, -0.1) is 0 Å². The van der Waals surface area contributed by atoms with E-state index in [0.717, 1.165) is 6.54 Å². The zero-order valence-electron chi connectivity index (χ0n) is 10.5. The van der Waals surface area contributed by atoms with Crippen LogP contribution in [0.25, 0.3) is 0 Å². The van der Waals surface area contributed by atoms with Crippen LogP contribution < -0.4 is 5.73 Å². The Morgan fingerprint density at radius 3 is 2.00 bits per heavy atom. The van der Waals surface area contributed by atoms with E-state index in [0.29, 0.717) is 5.41 Å². The summed E-state index contributed by atoms with van der Waals surface area (Å²) in [5.41, 5.74) is 10.6. The fourth-order valence-electron chi connectivity index (χ4n) is 2.89. The second-order valence-electron chi connectivity index (χ2n) is 5.77. The van der Waals surface area contributed by atoms with Crippen molar-refractivity contribution in [3.05, 3.63) is 33.3 Å². The molecule has 1 fully saturated rings. The Labute approximate surface area is 107 Å². The van der Waals surface area contributed by atoms with Crippen molar-refractivity contribution in [3.8, 4) is 0 Å². The maximum absolute atomic E-state index is 6.00. The van der Waals surface area contributed by atoms with E-state index in [-0.39, 0.29) is 5.41 Å². The molecule has 1 aliphatic rings. The fraction of sp³-hybridized carbons (Fsp3) is 0.571. The molecule has 1 atom stereocenters. The molecule has 1 nitrogen and oxygen atoms in total. The lowest BCUT2D eigenvalue weighted by atomic mass is 9.86. The number of aryl methyl sites for hydroxylation is 2. The van der Waals surface area contributed by atoms with Crippen LogP contribution in [0.3, 0.4) is 0 Å². The molecule has 2 N–H and O–H groups in total. The van der Waals surface area contributed by atoms with Crippen molar-refractivity contribution in [2.45, 2.75) is 39.5 Å². The summed E-state index contributed by atoms with van der Waals surface area (Å²) in [6.07, 6.45) is 1.21. The van der Waals surface area contributed by atoms with Crippen LogP contribution in [0, 0.1) is 19.3 Å². The molecule has 0 aromatic heterocycles. The van der Waals surface area contributed by atoms with Crippen LogP contribution in [0.1, 0.15) is 37.0 Å². The number of nitrogens with two attached hydrogens (primary N) is 1. The molecule has 16 heavy (non-hydrogen) atoms. The molecule has 1 aromatic carbocycles. The molecule has 0 radical (unpaired) electrons. The number of halogens is 1. The van der Waals surface area contributed by atoms with Crippen molar-refractivity contribution >= 4 is 15.9 Å². The van der Waals surface area contributed by atoms with E-state index in [1.165, 1.54) is 27.6 Å². The van der Waals surface area contributed by atoms with Crippen LogP contribution in [0.4, 0.5) is 0 Å². The summed E-state index contributed by atoms with van der Waals surface area (Å²) in [7, 11) is 0. The molecule has 0 aliphatic heterocycles. The van der Waals surface area contributed by atoms with E-state index in [9.17, 15) is 0 Å². The molecule has 0 spiro atoms. The average Bonchev–Trinajstić information content (AvgIpc) is 2.78. The quantitative estimate of drug-likeness (QED) is 0.879. The molecule has 1 aromatic rings. The van der Waals surface area contributed by atoms with Gasteiger partial charge >= 0.3 is 0 Å². The van der Waals surface area contributed by atoms with Gasteiger partial charge in [0, 0.05) is 16.4 Å². The summed E-state index contributed by atoms with van der Waals surface area (Å²) in [5.74, 6) is 0. The predicted octanol–water partition coefficient (Wildman–Crippen LogP) is 3.69. The van der Waals surface area contributed by atoms with Crippen molar-refractivity contribution in [2.24, 2.45) is 11.1 Å². The summed E-state index contributed by atoms with van der Waals surface area (Å²) >= 11 is 3.62. The van der Waals surface area contributed by atoms with Gasteiger partial charge in [0.1, 0.15) is 0 Å². The van der Waals surface area contributed by atoms with E-state index >= 15 is 0 Å². The molecule has 2 rings (SSSR count). The highest BCUT2D eigenvalue weighted by Gasteiger charge is 2.60. The van der Waals surface area contributed by atoms with Crippen molar-refractivity contribution in [3.63, 3.8) is 0 Å². The van der Waals surface area contributed by atoms with Gasteiger partial charge in [-0.2, -0.15) is 0 Å². The summed E-state index contributed by atoms with van der Waals surface area (Å²) in [5, 5.41) is 0. The third-order valence-electron chi connectivity index (χ3n) is 4.25. The Morgan fingerprint density at radius 1 is 1.25 bits per heavy atom. The first-order chi connectivity index (χ1) is 7.34. The van der Waals surface area contributed by atoms with E-state index in [1.807, 2.05) is 0 Å². The summed E-state index contributed by atoms with van der Waals surface area (Å²) in [4.78, 5) is 0. The number of rotatable bonds is 2. The minimum absolute atomic E-state index is 0.212. The molecule has 0 saturated heterocycles. The Hall–Kier alpha value is -0.340. The zero-order valence-corrected chi connectivity index (χ0v) is 12.1. The minimum atomic E-state index is 0.212. The van der Waals surface area contributed by atoms with Gasteiger partial charge in [-0.25, -0.2) is 0 Å². The summed E-state index contributed by atoms with van der Waals surface area (Å²) < 4.78 is 1.22. The average molecular weight is 282 g/mol. The molecule has 88 valence electrons. The minimum Gasteiger partial charge on any atom is -0.330 e. The number of hydrogen-bond acceptors (Lipinski definition) is 1. The lowest BCUT2D eigenvalue weighted by Crippen LogP contribution is -2.25. The van der Waals surface area contributed by atoms with Crippen molar-refractivity contribution < 1.29 is 0 Å². The van der Waals surface area contributed by atoms with E-state index in [4.69, 9.17) is 5.73 Å². The molecule has 1 aliphatic carbocycles. The summed E-state index contributed by atoms with van der Waals surface area (Å²) in [6.45, 7) is 9.68. The van der Waals surface area contributed by atoms with Gasteiger partial charge in [-0.05, 0) is 42.4 Å². The topological polar surface area (TPSA) is 26.0 Å². The molecule has 1 saturated carbocycles. The van der Waals surface area contributed by atoms with Crippen LogP contribution in [0.15, 0.2) is 16.6 Å². The summed E-state index contributed by atoms with van der Waals surface area (Å²) in [6, 6.07) is 4.58. The largest absolute Gasteiger partial charge is 0.330 e. The van der Waals surface area contributed by atoms with Gasteiger partial charge in [-0.1, -0.05) is 41.9 Å². The van der Waals surface area contributed by atoms with Gasteiger partial charge in [0.2, 0.25) is 0 Å². The molecular weight excluding hydrogens is 262 g/mol. The first-order valence-corrected chi connectivity index (χ1v) is 6.61. The van der Waals surface area contributed by atoms with E-state index < -0.39 is 0 Å². The van der Waals surface area contributed by atoms with Crippen molar-refractivity contribution in [2.75, 3.05) is 6.54 Å². The van der Waals surface area contributed by atoms with E-state index in [2.05, 4.69) is 55.8 Å². The van der Waals surface area contributed by atoms with Crippen molar-refractivity contribution in [1.29, 1.82) is 0 Å². The van der Waals surface area contributed by atoms with Gasteiger partial charge in [0.05, 0.1) is 0 Å². The Bertz CT molecular complexity index is 413. The lowest BCUT2D eigenvalue weighted by Gasteiger charge is -2.21. The van der Waals surface area contributed by atoms with Crippen LogP contribution in [-0.2, 0) is 5.41 Å². The molecule has 0 bridgehead atoms. The lowest BCUT2D eigenvalue weighted by molar-refractivity contribution is 0.502. The SMILES string of the molecule is Cc1cc(C2(CN)CC2(C)C)cc(C)c1Br. The maximum Gasteiger partial charge on any atom is 0.0233 e. The zero-order chi connectivity index (χ0) is 12.1. The maximum atomic E-state index is 6.00. The third-order valence-corrected chi connectivity index (χ3v) is 5.50. The Balaban J connectivity index is 2.50. The Morgan fingerprint density at radius 2 is 1.69 bits per heavy atom. The third kappa shape index (κ3) is 1.54. The molecule has 1 unspecified atom stereocenters. The number of hydrogen-bond donors (Lipinski definition) is 1. The molecular formula is C14H20BrN. The highest BCUT2D eigenvalue weighted by molar-refractivity contribution is 9.10. The fourth-order valence-corrected chi connectivity index (χ4v) is 3.12. The van der Waals surface area contributed by atoms with Crippen LogP contribution in [0.2, 0.25) is 0 Å². The molecule has 2 heteroatoms. The normalized spacial score (nSPS) is 26.9. The second kappa shape index (κ2) is 3.58. The standard InChI is InChI=1S/C14H20BrN/c1-9-5-11(6-10(2)12(9)15)14(8-16)7-13(14,3)4/h5-6H,7-8,16H2,1-4H3. The highest BCUT2D eigenvalue weighted by atomic mass is 79.9. The predicted molar refractivity (Wildman–Crippen MR) is 72.7 cm³/mol. The van der Waals surface area contributed by atoms with Gasteiger partial charge in [0.15, 0.2) is 0 Å². The van der Waals surface area contributed by atoms with Crippen LogP contribution in [0.5, 0.6) is 0 Å². The number of benzene rings is 1. The van der Waals surface area contributed by atoms with Gasteiger partial charge < -0.3 is 5.73 Å². The van der Waals surface area contributed by atoms with E-state index in [1.54, 1.807) is 0 Å². The van der Waals surface area contributed by atoms with Gasteiger partial charge in [-0.3, -0.25) is 0 Å². The second-order valence-corrected chi connectivity index (χ2v) is 6.56. The van der Waals surface area contributed by atoms with Crippen molar-refractivity contribution in [1.82, 2.24) is 0 Å². The highest BCUT2D eigenvalue weighted by Crippen LogP contribution is 2.63. The molecule has 0 heterocycles. The van der Waals surface area contributed by atoms with Crippen LogP contribution in [-0.4, -0.2) is 6.54 Å². The van der Waals surface area contributed by atoms with Crippen LogP contribution >= 0.6 is 15.9 Å². The first-order valence-electron chi connectivity index (χ1n) is 5.81. The Kier molecular flexibility index (Phi) is 2.71. The smallest absolute Gasteiger partial charge is 0.0233 e. The monoisotopic (exact) mass is 281 g/mol. The first kappa shape index (κ1) is 12.1. The molecule has 0 amide bonds. The van der Waals surface area contributed by atoms with Gasteiger partial charge in [0.25, 0.3) is 0 Å².